The first-order valence-electron chi connectivity index (χ1n) is 9.34. The molecule has 1 saturated heterocycles. The molecule has 1 aliphatic rings. The molecule has 1 fully saturated rings. The van der Waals surface area contributed by atoms with Crippen molar-refractivity contribution in [3.05, 3.63) is 38.7 Å². The molecule has 0 aliphatic carbocycles. The zero-order chi connectivity index (χ0) is 18.0. The monoisotopic (exact) mass is 363 g/mol. The van der Waals surface area contributed by atoms with Crippen LogP contribution in [0.15, 0.2) is 21.3 Å². The van der Waals surface area contributed by atoms with Crippen molar-refractivity contribution >= 4 is 22.6 Å². The van der Waals surface area contributed by atoms with Gasteiger partial charge in [-0.05, 0) is 43.7 Å². The summed E-state index contributed by atoms with van der Waals surface area (Å²) in [5, 5.41) is 13.8. The second-order valence-corrected chi connectivity index (χ2v) is 7.48. The maximum atomic E-state index is 12.7. The number of hydrogen-bond acceptors (Lipinski definition) is 3. The molecule has 1 aliphatic heterocycles. The summed E-state index contributed by atoms with van der Waals surface area (Å²) in [6.07, 6.45) is 6.38. The fourth-order valence-electron chi connectivity index (χ4n) is 4.11. The molecule has 1 aromatic heterocycles. The van der Waals surface area contributed by atoms with Gasteiger partial charge in [-0.2, -0.15) is 0 Å². The first kappa shape index (κ1) is 18.3. The summed E-state index contributed by atoms with van der Waals surface area (Å²) in [6, 6.07) is 3.74. The van der Waals surface area contributed by atoms with Gasteiger partial charge in [0, 0.05) is 22.0 Å². The first-order valence-corrected chi connectivity index (χ1v) is 9.72. The van der Waals surface area contributed by atoms with Crippen molar-refractivity contribution in [2.75, 3.05) is 6.54 Å². The van der Waals surface area contributed by atoms with Crippen molar-refractivity contribution in [3.8, 4) is 5.75 Å². The second-order valence-electron chi connectivity index (χ2n) is 7.07. The lowest BCUT2D eigenvalue weighted by molar-refractivity contribution is -0.944. The summed E-state index contributed by atoms with van der Waals surface area (Å²) in [5.41, 5.74) is 1.53. The maximum absolute atomic E-state index is 12.7. The molecule has 136 valence electrons. The van der Waals surface area contributed by atoms with Gasteiger partial charge in [0.05, 0.1) is 12.6 Å². The Balaban J connectivity index is 2.12. The molecule has 2 atom stereocenters. The zero-order valence-corrected chi connectivity index (χ0v) is 15.7. The van der Waals surface area contributed by atoms with Crippen molar-refractivity contribution in [3.63, 3.8) is 0 Å². The van der Waals surface area contributed by atoms with Crippen LogP contribution < -0.4 is 15.6 Å². The fraction of sp³-hybridized carbons (Fsp3) is 0.550. The molecule has 1 aromatic carbocycles. The summed E-state index contributed by atoms with van der Waals surface area (Å²) in [5.74, 6) is -0.195. The van der Waals surface area contributed by atoms with E-state index >= 15 is 0 Å². The number of hydrogen-bond donors (Lipinski definition) is 1. The third-order valence-electron chi connectivity index (χ3n) is 5.42. The first-order chi connectivity index (χ1) is 12.0. The van der Waals surface area contributed by atoms with Crippen LogP contribution in [0.2, 0.25) is 5.02 Å². The third-order valence-corrected chi connectivity index (χ3v) is 5.70. The number of benzene rings is 1. The van der Waals surface area contributed by atoms with Crippen LogP contribution in [0.4, 0.5) is 0 Å². The number of fused-ring (bicyclic) bond motifs is 1. The van der Waals surface area contributed by atoms with Gasteiger partial charge in [0.1, 0.15) is 12.1 Å². The average Bonchev–Trinajstić information content (AvgIpc) is 2.60. The lowest BCUT2D eigenvalue weighted by atomic mass is 9.97. The zero-order valence-electron chi connectivity index (χ0n) is 15.0. The molecular weight excluding hydrogens is 338 g/mol. The van der Waals surface area contributed by atoms with E-state index < -0.39 is 0 Å². The molecule has 2 aromatic rings. The molecule has 25 heavy (non-hydrogen) atoms. The number of likely N-dealkylation sites (tertiary alicyclic amines) is 1. The van der Waals surface area contributed by atoms with Gasteiger partial charge >= 0.3 is 5.63 Å². The Morgan fingerprint density at radius 2 is 2.12 bits per heavy atom. The molecule has 3 rings (SSSR count). The fourth-order valence-corrected chi connectivity index (χ4v) is 4.34. The van der Waals surface area contributed by atoms with E-state index in [-0.39, 0.29) is 16.4 Å². The van der Waals surface area contributed by atoms with E-state index in [0.717, 1.165) is 36.8 Å². The van der Waals surface area contributed by atoms with E-state index in [1.165, 1.54) is 30.2 Å². The molecular formula is C20H26ClNO3. The number of rotatable bonds is 5. The molecule has 4 nitrogen and oxygen atoms in total. The number of halogens is 1. The molecule has 0 bridgehead atoms. The van der Waals surface area contributed by atoms with E-state index in [2.05, 4.69) is 13.8 Å². The summed E-state index contributed by atoms with van der Waals surface area (Å²) < 4.78 is 5.50. The van der Waals surface area contributed by atoms with Gasteiger partial charge in [-0.25, -0.2) is 4.79 Å². The summed E-state index contributed by atoms with van der Waals surface area (Å²) >= 11 is 6.25. The van der Waals surface area contributed by atoms with Gasteiger partial charge in [0.25, 0.3) is 0 Å². The Bertz CT molecular complexity index is 815. The Morgan fingerprint density at radius 1 is 1.32 bits per heavy atom. The molecule has 0 saturated carbocycles. The summed E-state index contributed by atoms with van der Waals surface area (Å²) in [7, 11) is 0. The normalized spacial score (nSPS) is 20.9. The Kier molecular flexibility index (Phi) is 5.70. The van der Waals surface area contributed by atoms with Crippen LogP contribution in [0, 0.1) is 0 Å². The van der Waals surface area contributed by atoms with Crippen molar-refractivity contribution in [2.24, 2.45) is 0 Å². The van der Waals surface area contributed by atoms with Crippen LogP contribution >= 0.6 is 11.6 Å². The van der Waals surface area contributed by atoms with Gasteiger partial charge in [0.15, 0.2) is 0 Å². The number of quaternary nitrogens is 1. The SMILES string of the molecule is CCCc1cc(=O)oc2c(C[NH+]3CCCCC3CC)c([O-])c(Cl)cc12. The number of aryl methyl sites for hydroxylation is 1. The summed E-state index contributed by atoms with van der Waals surface area (Å²) in [4.78, 5) is 13.4. The largest absolute Gasteiger partial charge is 0.871 e. The molecule has 5 heteroatoms. The highest BCUT2D eigenvalue weighted by Crippen LogP contribution is 2.33. The van der Waals surface area contributed by atoms with Crippen LogP contribution in [0.25, 0.3) is 11.0 Å². The standard InChI is InChI=1S/C20H26ClNO3/c1-3-7-13-10-18(23)25-20-15(13)11-17(21)19(24)16(20)12-22-9-6-5-8-14(22)4-2/h10-11,14,24H,3-9,12H2,1-2H3. The molecule has 0 amide bonds. The smallest absolute Gasteiger partial charge is 0.336 e. The minimum atomic E-state index is -0.389. The van der Waals surface area contributed by atoms with Crippen molar-refractivity contribution < 1.29 is 14.4 Å². The lowest BCUT2D eigenvalue weighted by Gasteiger charge is -2.33. The van der Waals surface area contributed by atoms with Crippen LogP contribution in [-0.4, -0.2) is 12.6 Å². The quantitative estimate of drug-likeness (QED) is 0.831. The van der Waals surface area contributed by atoms with Crippen LogP contribution in [0.3, 0.4) is 0 Å². The van der Waals surface area contributed by atoms with E-state index in [4.69, 9.17) is 16.0 Å². The predicted octanol–water partition coefficient (Wildman–Crippen LogP) is 2.82. The molecule has 2 heterocycles. The van der Waals surface area contributed by atoms with Crippen LogP contribution in [0.5, 0.6) is 5.75 Å². The van der Waals surface area contributed by atoms with E-state index in [1.807, 2.05) is 0 Å². The van der Waals surface area contributed by atoms with E-state index in [0.29, 0.717) is 23.7 Å². The Hall–Kier alpha value is -1.52. The highest BCUT2D eigenvalue weighted by atomic mass is 35.5. The van der Waals surface area contributed by atoms with Crippen molar-refractivity contribution in [1.29, 1.82) is 0 Å². The molecule has 0 radical (unpaired) electrons. The van der Waals surface area contributed by atoms with Gasteiger partial charge in [-0.3, -0.25) is 0 Å². The Labute approximate surface area is 153 Å². The minimum absolute atomic E-state index is 0.195. The van der Waals surface area contributed by atoms with Gasteiger partial charge in [0.2, 0.25) is 0 Å². The topological polar surface area (TPSA) is 57.7 Å². The van der Waals surface area contributed by atoms with Crippen molar-refractivity contribution in [2.45, 2.75) is 65.0 Å². The molecule has 1 N–H and O–H groups in total. The van der Waals surface area contributed by atoms with E-state index in [1.54, 1.807) is 6.07 Å². The highest BCUT2D eigenvalue weighted by Gasteiger charge is 2.26. The minimum Gasteiger partial charge on any atom is -0.871 e. The lowest BCUT2D eigenvalue weighted by Crippen LogP contribution is -3.15. The molecule has 0 spiro atoms. The second kappa shape index (κ2) is 7.79. The third kappa shape index (κ3) is 3.70. The van der Waals surface area contributed by atoms with Crippen molar-refractivity contribution in [1.82, 2.24) is 0 Å². The van der Waals surface area contributed by atoms with Crippen LogP contribution in [0.1, 0.15) is 57.1 Å². The highest BCUT2D eigenvalue weighted by molar-refractivity contribution is 6.33. The number of nitrogens with one attached hydrogen (secondary N) is 1. The number of piperidine rings is 1. The average molecular weight is 364 g/mol. The van der Waals surface area contributed by atoms with Gasteiger partial charge < -0.3 is 14.4 Å². The Morgan fingerprint density at radius 3 is 2.84 bits per heavy atom. The maximum Gasteiger partial charge on any atom is 0.336 e. The van der Waals surface area contributed by atoms with Gasteiger partial charge in [-0.15, -0.1) is 0 Å². The molecule has 2 unspecified atom stereocenters. The van der Waals surface area contributed by atoms with Crippen LogP contribution in [-0.2, 0) is 13.0 Å². The predicted molar refractivity (Wildman–Crippen MR) is 98.4 cm³/mol. The van der Waals surface area contributed by atoms with E-state index in [9.17, 15) is 9.90 Å². The summed E-state index contributed by atoms with van der Waals surface area (Å²) in [6.45, 7) is 5.88. The van der Waals surface area contributed by atoms with Gasteiger partial charge in [-0.1, -0.05) is 37.6 Å².